The fourth-order valence-electron chi connectivity index (χ4n) is 2.04. The van der Waals surface area contributed by atoms with E-state index in [1.807, 2.05) is 34.6 Å². The third kappa shape index (κ3) is 3.42. The molecule has 1 amide bonds. The minimum atomic E-state index is -0.954. The number of carbonyl (C=O) groups excluding carboxylic acids is 1. The Morgan fingerprint density at radius 3 is 2.26 bits per heavy atom. The van der Waals surface area contributed by atoms with Gasteiger partial charge in [-0.1, -0.05) is 34.6 Å². The molecule has 110 valence electrons. The van der Waals surface area contributed by atoms with Gasteiger partial charge in [0.25, 0.3) is 0 Å². The van der Waals surface area contributed by atoms with Crippen molar-refractivity contribution in [1.29, 1.82) is 0 Å². The molecule has 0 aliphatic carbocycles. The van der Waals surface area contributed by atoms with Gasteiger partial charge in [-0.3, -0.25) is 4.79 Å². The summed E-state index contributed by atoms with van der Waals surface area (Å²) >= 11 is 1.52. The van der Waals surface area contributed by atoms with E-state index in [0.29, 0.717) is 5.75 Å². The van der Waals surface area contributed by atoms with Gasteiger partial charge < -0.3 is 15.7 Å². The summed E-state index contributed by atoms with van der Waals surface area (Å²) in [5, 5.41) is 9.16. The number of carbonyl (C=O) groups is 2. The van der Waals surface area contributed by atoms with E-state index in [-0.39, 0.29) is 22.6 Å². The van der Waals surface area contributed by atoms with E-state index in [2.05, 4.69) is 0 Å². The van der Waals surface area contributed by atoms with Crippen molar-refractivity contribution >= 4 is 23.6 Å². The van der Waals surface area contributed by atoms with Gasteiger partial charge in [0.2, 0.25) is 5.91 Å². The van der Waals surface area contributed by atoms with Gasteiger partial charge in [0.1, 0.15) is 6.04 Å². The van der Waals surface area contributed by atoms with Crippen molar-refractivity contribution in [3.05, 3.63) is 0 Å². The first kappa shape index (κ1) is 16.3. The third-order valence-electron chi connectivity index (χ3n) is 3.34. The molecule has 3 atom stereocenters. The van der Waals surface area contributed by atoms with E-state index in [9.17, 15) is 14.7 Å². The molecule has 2 unspecified atom stereocenters. The second kappa shape index (κ2) is 5.71. The Morgan fingerprint density at radius 2 is 1.89 bits per heavy atom. The molecule has 0 radical (unpaired) electrons. The predicted octanol–water partition coefficient (Wildman–Crippen LogP) is 1.37. The third-order valence-corrected chi connectivity index (χ3v) is 4.96. The average molecular weight is 288 g/mol. The van der Waals surface area contributed by atoms with Gasteiger partial charge in [-0.25, -0.2) is 4.79 Å². The van der Waals surface area contributed by atoms with E-state index >= 15 is 0 Å². The number of carboxylic acid groups (broad SMARTS) is 1. The van der Waals surface area contributed by atoms with Crippen LogP contribution in [0.3, 0.4) is 0 Å². The summed E-state index contributed by atoms with van der Waals surface area (Å²) in [4.78, 5) is 25.3. The number of carboxylic acids is 1. The highest BCUT2D eigenvalue weighted by Crippen LogP contribution is 2.35. The Balaban J connectivity index is 3.02. The molecular weight excluding hydrogens is 264 g/mol. The predicted molar refractivity (Wildman–Crippen MR) is 76.8 cm³/mol. The molecule has 0 bridgehead atoms. The highest BCUT2D eigenvalue weighted by Gasteiger charge is 2.45. The van der Waals surface area contributed by atoms with Crippen LogP contribution in [0, 0.1) is 11.3 Å². The van der Waals surface area contributed by atoms with Gasteiger partial charge in [-0.2, -0.15) is 0 Å². The highest BCUT2D eigenvalue weighted by atomic mass is 32.2. The summed E-state index contributed by atoms with van der Waals surface area (Å²) < 4.78 is 0. The van der Waals surface area contributed by atoms with Crippen molar-refractivity contribution in [3.63, 3.8) is 0 Å². The molecule has 1 aliphatic heterocycles. The van der Waals surface area contributed by atoms with Crippen molar-refractivity contribution in [1.82, 2.24) is 4.90 Å². The van der Waals surface area contributed by atoms with Crippen LogP contribution in [-0.2, 0) is 9.59 Å². The summed E-state index contributed by atoms with van der Waals surface area (Å²) in [6, 6.07) is -1.45. The van der Waals surface area contributed by atoms with Crippen LogP contribution in [0.4, 0.5) is 0 Å². The molecule has 3 N–H and O–H groups in total. The topological polar surface area (TPSA) is 83.6 Å². The smallest absolute Gasteiger partial charge is 0.327 e. The summed E-state index contributed by atoms with van der Waals surface area (Å²) in [5.41, 5.74) is 5.63. The van der Waals surface area contributed by atoms with Crippen molar-refractivity contribution in [2.45, 2.75) is 52.1 Å². The number of aliphatic carboxylic acids is 1. The number of rotatable bonds is 3. The fourth-order valence-corrected chi connectivity index (χ4v) is 3.52. The van der Waals surface area contributed by atoms with E-state index in [1.54, 1.807) is 0 Å². The summed E-state index contributed by atoms with van der Waals surface area (Å²) in [6.07, 6.45) is 0. The SMILES string of the molecule is CC(C)C1SCC(C(=O)O)N1C(=O)[C@H](N)C(C)(C)C. The number of nitrogens with two attached hydrogens (primary N) is 1. The maximum Gasteiger partial charge on any atom is 0.327 e. The van der Waals surface area contributed by atoms with Gasteiger partial charge in [0.05, 0.1) is 11.4 Å². The summed E-state index contributed by atoms with van der Waals surface area (Å²) in [7, 11) is 0. The van der Waals surface area contributed by atoms with Crippen LogP contribution in [0.15, 0.2) is 0 Å². The molecule has 0 spiro atoms. The molecule has 1 fully saturated rings. The lowest BCUT2D eigenvalue weighted by molar-refractivity contribution is -0.151. The molecule has 0 aromatic rings. The normalized spacial score (nSPS) is 25.7. The molecule has 1 heterocycles. The first-order valence-corrected chi connectivity index (χ1v) is 7.54. The number of nitrogens with zero attached hydrogens (tertiary/aromatic N) is 1. The van der Waals surface area contributed by atoms with Crippen LogP contribution in [0.1, 0.15) is 34.6 Å². The molecule has 0 aromatic carbocycles. The zero-order chi connectivity index (χ0) is 15.0. The first-order valence-electron chi connectivity index (χ1n) is 6.49. The van der Waals surface area contributed by atoms with Gasteiger partial charge in [-0.05, 0) is 11.3 Å². The largest absolute Gasteiger partial charge is 0.480 e. The fraction of sp³-hybridized carbons (Fsp3) is 0.846. The zero-order valence-corrected chi connectivity index (χ0v) is 13.0. The van der Waals surface area contributed by atoms with Crippen molar-refractivity contribution in [3.8, 4) is 0 Å². The summed E-state index contributed by atoms with van der Waals surface area (Å²) in [5.74, 6) is -0.583. The molecule has 1 rings (SSSR count). The second-order valence-electron chi connectivity index (χ2n) is 6.41. The molecule has 5 nitrogen and oxygen atoms in total. The minimum absolute atomic E-state index is 0.109. The monoisotopic (exact) mass is 288 g/mol. The molecule has 0 aromatic heterocycles. The second-order valence-corrected chi connectivity index (χ2v) is 7.56. The standard InChI is InChI=1S/C13H24N2O3S/c1-7(2)11-15(8(6-19-11)12(17)18)10(16)9(14)13(3,4)5/h7-9,11H,6,14H2,1-5H3,(H,17,18)/t8?,9-,11?/m0/s1. The number of hydrogen-bond donors (Lipinski definition) is 2. The molecule has 1 saturated heterocycles. The molecule has 19 heavy (non-hydrogen) atoms. The van der Waals surface area contributed by atoms with Crippen LogP contribution in [0.5, 0.6) is 0 Å². The van der Waals surface area contributed by atoms with E-state index < -0.39 is 18.1 Å². The minimum Gasteiger partial charge on any atom is -0.480 e. The maximum atomic E-state index is 12.5. The molecule has 0 saturated carbocycles. The Kier molecular flexibility index (Phi) is 4.90. The average Bonchev–Trinajstić information content (AvgIpc) is 2.70. The van der Waals surface area contributed by atoms with Crippen molar-refractivity contribution < 1.29 is 14.7 Å². The Morgan fingerprint density at radius 1 is 1.37 bits per heavy atom. The lowest BCUT2D eigenvalue weighted by Gasteiger charge is -2.35. The maximum absolute atomic E-state index is 12.5. The Bertz CT molecular complexity index is 365. The van der Waals surface area contributed by atoms with Crippen molar-refractivity contribution in [2.75, 3.05) is 5.75 Å². The number of hydrogen-bond acceptors (Lipinski definition) is 4. The van der Waals surface area contributed by atoms with Gasteiger partial charge in [-0.15, -0.1) is 11.8 Å². The van der Waals surface area contributed by atoms with E-state index in [0.717, 1.165) is 0 Å². The van der Waals surface area contributed by atoms with Gasteiger partial charge >= 0.3 is 5.97 Å². The Hall–Kier alpha value is -0.750. The first-order chi connectivity index (χ1) is 8.57. The van der Waals surface area contributed by atoms with Crippen LogP contribution in [0.2, 0.25) is 0 Å². The highest BCUT2D eigenvalue weighted by molar-refractivity contribution is 8.00. The van der Waals surface area contributed by atoms with Gasteiger partial charge in [0, 0.05) is 5.75 Å². The zero-order valence-electron chi connectivity index (χ0n) is 12.2. The molecule has 6 heteroatoms. The molecule has 1 aliphatic rings. The van der Waals surface area contributed by atoms with E-state index in [4.69, 9.17) is 5.73 Å². The lowest BCUT2D eigenvalue weighted by Crippen LogP contribution is -2.56. The number of thioether (sulfide) groups is 1. The number of amides is 1. The lowest BCUT2D eigenvalue weighted by atomic mass is 9.86. The van der Waals surface area contributed by atoms with E-state index in [1.165, 1.54) is 16.7 Å². The van der Waals surface area contributed by atoms with Crippen LogP contribution < -0.4 is 5.73 Å². The Labute approximate surface area is 118 Å². The summed E-state index contributed by atoms with van der Waals surface area (Å²) in [6.45, 7) is 9.65. The van der Waals surface area contributed by atoms with Crippen LogP contribution in [-0.4, -0.2) is 45.1 Å². The quantitative estimate of drug-likeness (QED) is 0.819. The molecular formula is C13H24N2O3S. The van der Waals surface area contributed by atoms with Crippen LogP contribution >= 0.6 is 11.8 Å². The van der Waals surface area contributed by atoms with Crippen LogP contribution in [0.25, 0.3) is 0 Å². The van der Waals surface area contributed by atoms with Gasteiger partial charge in [0.15, 0.2) is 0 Å². The van der Waals surface area contributed by atoms with Crippen molar-refractivity contribution in [2.24, 2.45) is 17.1 Å².